The van der Waals surface area contributed by atoms with Gasteiger partial charge in [-0.3, -0.25) is 4.79 Å². The fourth-order valence-electron chi connectivity index (χ4n) is 2.55. The number of nitrogens with one attached hydrogen (secondary N) is 1. The molecule has 2 rings (SSSR count). The standard InChI is InChI=1S/C19H25N3O5S2/c1-13-11-15(12-18(14(13)2)29(26,27)22(5)6)19(23)20-16-7-9-17(10-8-16)28(24,25)21(3)4/h7-12H,1-6H3,(H,20,23). The minimum Gasteiger partial charge on any atom is -0.322 e. The largest absolute Gasteiger partial charge is 0.322 e. The van der Waals surface area contributed by atoms with E-state index in [-0.39, 0.29) is 15.4 Å². The predicted octanol–water partition coefficient (Wildman–Crippen LogP) is 2.06. The SMILES string of the molecule is Cc1cc(C(=O)Nc2ccc(S(=O)(=O)N(C)C)cc2)cc(S(=O)(=O)N(C)C)c1C. The molecule has 0 aliphatic rings. The van der Waals surface area contributed by atoms with Crippen molar-refractivity contribution >= 4 is 31.6 Å². The van der Waals surface area contributed by atoms with E-state index in [0.29, 0.717) is 16.8 Å². The smallest absolute Gasteiger partial charge is 0.255 e. The molecule has 0 aliphatic heterocycles. The number of anilines is 1. The van der Waals surface area contributed by atoms with Crippen molar-refractivity contribution < 1.29 is 21.6 Å². The molecule has 10 heteroatoms. The molecule has 0 bridgehead atoms. The summed E-state index contributed by atoms with van der Waals surface area (Å²) >= 11 is 0. The van der Waals surface area contributed by atoms with Crippen LogP contribution in [0.15, 0.2) is 46.2 Å². The molecule has 0 atom stereocenters. The average molecular weight is 440 g/mol. The first-order valence-electron chi connectivity index (χ1n) is 8.66. The summed E-state index contributed by atoms with van der Waals surface area (Å²) in [5.74, 6) is -0.494. The molecular weight excluding hydrogens is 414 g/mol. The minimum atomic E-state index is -3.71. The van der Waals surface area contributed by atoms with E-state index >= 15 is 0 Å². The van der Waals surface area contributed by atoms with Crippen LogP contribution in [0.4, 0.5) is 5.69 Å². The second kappa shape index (κ2) is 8.23. The van der Waals surface area contributed by atoms with Crippen LogP contribution in [-0.4, -0.2) is 59.5 Å². The second-order valence-electron chi connectivity index (χ2n) is 6.97. The van der Waals surface area contributed by atoms with Crippen LogP contribution in [0, 0.1) is 13.8 Å². The van der Waals surface area contributed by atoms with Crippen molar-refractivity contribution in [3.05, 3.63) is 53.1 Å². The normalized spacial score (nSPS) is 12.4. The van der Waals surface area contributed by atoms with Gasteiger partial charge in [-0.25, -0.2) is 25.4 Å². The van der Waals surface area contributed by atoms with Gasteiger partial charge in [0, 0.05) is 39.4 Å². The van der Waals surface area contributed by atoms with Crippen LogP contribution in [0.25, 0.3) is 0 Å². The first-order valence-corrected chi connectivity index (χ1v) is 11.5. The van der Waals surface area contributed by atoms with E-state index < -0.39 is 26.0 Å². The number of amides is 1. The van der Waals surface area contributed by atoms with Gasteiger partial charge in [0.1, 0.15) is 0 Å². The summed E-state index contributed by atoms with van der Waals surface area (Å²) in [6.45, 7) is 3.43. The van der Waals surface area contributed by atoms with Gasteiger partial charge in [-0.15, -0.1) is 0 Å². The zero-order valence-electron chi connectivity index (χ0n) is 17.2. The fourth-order valence-corrected chi connectivity index (χ4v) is 4.67. The Morgan fingerprint density at radius 3 is 1.83 bits per heavy atom. The van der Waals surface area contributed by atoms with Crippen molar-refractivity contribution in [1.29, 1.82) is 0 Å². The summed E-state index contributed by atoms with van der Waals surface area (Å²) in [7, 11) is -1.54. The molecule has 0 saturated carbocycles. The second-order valence-corrected chi connectivity index (χ2v) is 11.2. The van der Waals surface area contributed by atoms with Crippen molar-refractivity contribution in [3.8, 4) is 0 Å². The Labute approximate surface area is 172 Å². The van der Waals surface area contributed by atoms with E-state index in [1.165, 1.54) is 58.5 Å². The van der Waals surface area contributed by atoms with Crippen LogP contribution in [0.3, 0.4) is 0 Å². The number of aryl methyl sites for hydroxylation is 1. The maximum absolute atomic E-state index is 12.7. The number of rotatable bonds is 6. The topological polar surface area (TPSA) is 104 Å². The zero-order valence-corrected chi connectivity index (χ0v) is 18.8. The molecule has 1 amide bonds. The molecule has 0 unspecified atom stereocenters. The van der Waals surface area contributed by atoms with E-state index in [4.69, 9.17) is 0 Å². The summed E-state index contributed by atoms with van der Waals surface area (Å²) in [5, 5.41) is 2.66. The molecule has 0 fully saturated rings. The van der Waals surface area contributed by atoms with Gasteiger partial charge in [0.15, 0.2) is 0 Å². The van der Waals surface area contributed by atoms with Crippen LogP contribution < -0.4 is 5.32 Å². The molecule has 0 heterocycles. The molecule has 29 heavy (non-hydrogen) atoms. The van der Waals surface area contributed by atoms with Crippen molar-refractivity contribution in [2.24, 2.45) is 0 Å². The van der Waals surface area contributed by atoms with Gasteiger partial charge in [0.05, 0.1) is 9.79 Å². The summed E-state index contributed by atoms with van der Waals surface area (Å²) in [6, 6.07) is 8.71. The average Bonchev–Trinajstić information content (AvgIpc) is 2.63. The molecule has 0 radical (unpaired) electrons. The van der Waals surface area contributed by atoms with Crippen LogP contribution >= 0.6 is 0 Å². The third-order valence-electron chi connectivity index (χ3n) is 4.53. The molecule has 0 saturated heterocycles. The number of sulfonamides is 2. The maximum Gasteiger partial charge on any atom is 0.255 e. The Morgan fingerprint density at radius 2 is 1.34 bits per heavy atom. The highest BCUT2D eigenvalue weighted by molar-refractivity contribution is 7.89. The lowest BCUT2D eigenvalue weighted by Gasteiger charge is -2.16. The van der Waals surface area contributed by atoms with Gasteiger partial charge in [0.2, 0.25) is 20.0 Å². The van der Waals surface area contributed by atoms with Crippen LogP contribution in [0.2, 0.25) is 0 Å². The maximum atomic E-state index is 12.7. The number of nitrogens with zero attached hydrogens (tertiary/aromatic N) is 2. The van der Waals surface area contributed by atoms with E-state index in [1.54, 1.807) is 19.9 Å². The monoisotopic (exact) mass is 439 g/mol. The Morgan fingerprint density at radius 1 is 0.828 bits per heavy atom. The van der Waals surface area contributed by atoms with Crippen LogP contribution in [-0.2, 0) is 20.0 Å². The lowest BCUT2D eigenvalue weighted by atomic mass is 10.1. The molecule has 0 spiro atoms. The molecule has 1 N–H and O–H groups in total. The quantitative estimate of drug-likeness (QED) is 0.742. The van der Waals surface area contributed by atoms with Gasteiger partial charge in [-0.05, 0) is 61.4 Å². The lowest BCUT2D eigenvalue weighted by molar-refractivity contribution is 0.102. The number of hydrogen-bond acceptors (Lipinski definition) is 5. The number of carbonyl (C=O) groups excluding carboxylic acids is 1. The molecule has 0 aliphatic carbocycles. The summed E-state index contributed by atoms with van der Waals surface area (Å²) < 4.78 is 51.6. The molecule has 158 valence electrons. The molecule has 2 aromatic carbocycles. The summed E-state index contributed by atoms with van der Waals surface area (Å²) in [6.07, 6.45) is 0. The molecule has 0 aromatic heterocycles. The summed E-state index contributed by atoms with van der Waals surface area (Å²) in [5.41, 5.74) is 1.83. The van der Waals surface area contributed by atoms with E-state index in [0.717, 1.165) is 8.61 Å². The predicted molar refractivity (Wildman–Crippen MR) is 112 cm³/mol. The Bertz CT molecular complexity index is 1140. The fraction of sp³-hybridized carbons (Fsp3) is 0.316. The highest BCUT2D eigenvalue weighted by Gasteiger charge is 2.23. The Kier molecular flexibility index (Phi) is 6.53. The lowest BCUT2D eigenvalue weighted by Crippen LogP contribution is -2.24. The van der Waals surface area contributed by atoms with E-state index in [1.807, 2.05) is 0 Å². The first kappa shape index (κ1) is 23.0. The number of benzene rings is 2. The van der Waals surface area contributed by atoms with E-state index in [9.17, 15) is 21.6 Å². The summed E-state index contributed by atoms with van der Waals surface area (Å²) in [4.78, 5) is 12.8. The van der Waals surface area contributed by atoms with Crippen LogP contribution in [0.5, 0.6) is 0 Å². The van der Waals surface area contributed by atoms with Crippen molar-refractivity contribution in [2.45, 2.75) is 23.6 Å². The molecular formula is C19H25N3O5S2. The molecule has 8 nitrogen and oxygen atoms in total. The number of carbonyl (C=O) groups is 1. The van der Waals surface area contributed by atoms with Crippen molar-refractivity contribution in [2.75, 3.05) is 33.5 Å². The zero-order chi connectivity index (χ0) is 22.1. The molecule has 2 aromatic rings. The van der Waals surface area contributed by atoms with Gasteiger partial charge in [-0.1, -0.05) is 0 Å². The first-order chi connectivity index (χ1) is 13.3. The van der Waals surface area contributed by atoms with Crippen LogP contribution in [0.1, 0.15) is 21.5 Å². The highest BCUT2D eigenvalue weighted by atomic mass is 32.2. The van der Waals surface area contributed by atoms with Gasteiger partial charge in [-0.2, -0.15) is 0 Å². The Hall–Kier alpha value is -2.27. The third kappa shape index (κ3) is 4.67. The Balaban J connectivity index is 2.36. The number of hydrogen-bond donors (Lipinski definition) is 1. The van der Waals surface area contributed by atoms with Gasteiger partial charge in [0.25, 0.3) is 5.91 Å². The van der Waals surface area contributed by atoms with E-state index in [2.05, 4.69) is 5.32 Å². The highest BCUT2D eigenvalue weighted by Crippen LogP contribution is 2.24. The van der Waals surface area contributed by atoms with Gasteiger partial charge < -0.3 is 5.32 Å². The minimum absolute atomic E-state index is 0.0695. The van der Waals surface area contributed by atoms with Crippen molar-refractivity contribution in [3.63, 3.8) is 0 Å². The third-order valence-corrected chi connectivity index (χ3v) is 8.30. The van der Waals surface area contributed by atoms with Gasteiger partial charge >= 0.3 is 0 Å². The van der Waals surface area contributed by atoms with Crippen molar-refractivity contribution in [1.82, 2.24) is 8.61 Å².